The maximum atomic E-state index is 8.93. The van der Waals surface area contributed by atoms with Gasteiger partial charge in [0.25, 0.3) is 0 Å². The largest absolute Gasteiger partial charge is 0.396 e. The number of ether oxygens (including phenoxy) is 1. The molecule has 1 fully saturated rings. The zero-order valence-electron chi connectivity index (χ0n) is 7.99. The van der Waals surface area contributed by atoms with Crippen LogP contribution >= 0.6 is 0 Å². The van der Waals surface area contributed by atoms with Crippen molar-refractivity contribution in [2.45, 2.75) is 45.3 Å². The molecule has 1 rings (SSSR count). The quantitative estimate of drug-likeness (QED) is 0.658. The highest BCUT2D eigenvalue weighted by atomic mass is 16.5. The van der Waals surface area contributed by atoms with Crippen LogP contribution in [0.25, 0.3) is 0 Å². The van der Waals surface area contributed by atoms with Crippen molar-refractivity contribution in [1.82, 2.24) is 0 Å². The summed E-state index contributed by atoms with van der Waals surface area (Å²) >= 11 is 0. The molecule has 0 bridgehead atoms. The fraction of sp³-hybridized carbons (Fsp3) is 1.00. The number of aliphatic hydroxyl groups is 2. The fourth-order valence-electron chi connectivity index (χ4n) is 0.983. The zero-order valence-corrected chi connectivity index (χ0v) is 7.99. The van der Waals surface area contributed by atoms with Crippen LogP contribution in [0.4, 0.5) is 0 Å². The van der Waals surface area contributed by atoms with Gasteiger partial charge in [-0.05, 0) is 26.2 Å². The third kappa shape index (κ3) is 5.52. The van der Waals surface area contributed by atoms with E-state index in [1.54, 1.807) is 6.92 Å². The van der Waals surface area contributed by atoms with Crippen LogP contribution in [0.2, 0.25) is 0 Å². The maximum absolute atomic E-state index is 8.93. The molecule has 74 valence electrons. The molecule has 0 aromatic carbocycles. The molecule has 2 atom stereocenters. The van der Waals surface area contributed by atoms with Gasteiger partial charge in [-0.3, -0.25) is 0 Å². The normalized spacial score (nSPS) is 24.5. The number of hydrogen-bond donors (Lipinski definition) is 2. The van der Waals surface area contributed by atoms with Crippen LogP contribution in [-0.4, -0.2) is 35.6 Å². The summed E-state index contributed by atoms with van der Waals surface area (Å²) in [4.78, 5) is 0. The SMILES string of the molecule is CC(O)C1CCCO1.CCCO. The van der Waals surface area contributed by atoms with Crippen LogP contribution in [0.5, 0.6) is 0 Å². The van der Waals surface area contributed by atoms with Gasteiger partial charge in [0, 0.05) is 13.2 Å². The van der Waals surface area contributed by atoms with Gasteiger partial charge in [-0.15, -0.1) is 0 Å². The van der Waals surface area contributed by atoms with Crippen molar-refractivity contribution in [3.8, 4) is 0 Å². The fourth-order valence-corrected chi connectivity index (χ4v) is 0.983. The third-order valence-electron chi connectivity index (χ3n) is 1.73. The molecule has 0 radical (unpaired) electrons. The lowest BCUT2D eigenvalue weighted by molar-refractivity contribution is 0.00856. The Kier molecular flexibility index (Phi) is 7.45. The van der Waals surface area contributed by atoms with Gasteiger partial charge in [0.1, 0.15) is 0 Å². The predicted molar refractivity (Wildman–Crippen MR) is 48.0 cm³/mol. The first-order valence-electron chi connectivity index (χ1n) is 4.62. The molecule has 2 unspecified atom stereocenters. The topological polar surface area (TPSA) is 49.7 Å². The molecule has 0 aromatic rings. The van der Waals surface area contributed by atoms with Crippen molar-refractivity contribution in [2.75, 3.05) is 13.2 Å². The number of hydrogen-bond acceptors (Lipinski definition) is 3. The first-order chi connectivity index (χ1) is 5.72. The molecule has 0 amide bonds. The average Bonchev–Trinajstić information content (AvgIpc) is 2.57. The Morgan fingerprint density at radius 1 is 1.58 bits per heavy atom. The van der Waals surface area contributed by atoms with Crippen LogP contribution in [0.1, 0.15) is 33.1 Å². The molecule has 1 saturated heterocycles. The second kappa shape index (κ2) is 7.53. The van der Waals surface area contributed by atoms with Gasteiger partial charge >= 0.3 is 0 Å². The molecular weight excluding hydrogens is 156 g/mol. The Hall–Kier alpha value is -0.120. The van der Waals surface area contributed by atoms with Gasteiger partial charge < -0.3 is 14.9 Å². The first kappa shape index (κ1) is 11.9. The van der Waals surface area contributed by atoms with Crippen LogP contribution < -0.4 is 0 Å². The van der Waals surface area contributed by atoms with Crippen molar-refractivity contribution in [3.63, 3.8) is 0 Å². The van der Waals surface area contributed by atoms with Gasteiger partial charge in [0.15, 0.2) is 0 Å². The molecule has 1 aliphatic heterocycles. The molecule has 3 nitrogen and oxygen atoms in total. The smallest absolute Gasteiger partial charge is 0.0832 e. The van der Waals surface area contributed by atoms with E-state index < -0.39 is 0 Å². The van der Waals surface area contributed by atoms with Crippen molar-refractivity contribution >= 4 is 0 Å². The molecule has 0 aromatic heterocycles. The van der Waals surface area contributed by atoms with E-state index in [0.29, 0.717) is 6.61 Å². The van der Waals surface area contributed by atoms with Crippen molar-refractivity contribution in [3.05, 3.63) is 0 Å². The summed E-state index contributed by atoms with van der Waals surface area (Å²) in [5.74, 6) is 0. The summed E-state index contributed by atoms with van der Waals surface area (Å²) in [5.41, 5.74) is 0. The summed E-state index contributed by atoms with van der Waals surface area (Å²) in [6.07, 6.45) is 2.85. The Balaban J connectivity index is 0.000000261. The molecule has 0 spiro atoms. The standard InChI is InChI=1S/C6H12O2.C3H8O/c1-5(7)6-3-2-4-8-6;1-2-3-4/h5-7H,2-4H2,1H3;4H,2-3H2,1H3. The zero-order chi connectivity index (χ0) is 9.40. The second-order valence-corrected chi connectivity index (χ2v) is 3.02. The van der Waals surface area contributed by atoms with Crippen molar-refractivity contribution in [2.24, 2.45) is 0 Å². The Morgan fingerprint density at radius 3 is 2.33 bits per heavy atom. The van der Waals surface area contributed by atoms with Crippen LogP contribution in [-0.2, 0) is 4.74 Å². The summed E-state index contributed by atoms with van der Waals surface area (Å²) in [6.45, 7) is 4.85. The number of aliphatic hydroxyl groups excluding tert-OH is 2. The third-order valence-corrected chi connectivity index (χ3v) is 1.73. The van der Waals surface area contributed by atoms with E-state index in [1.165, 1.54) is 0 Å². The molecule has 3 heteroatoms. The highest BCUT2D eigenvalue weighted by molar-refractivity contribution is 4.68. The minimum Gasteiger partial charge on any atom is -0.396 e. The number of rotatable bonds is 2. The second-order valence-electron chi connectivity index (χ2n) is 3.02. The van der Waals surface area contributed by atoms with E-state index in [-0.39, 0.29) is 12.2 Å². The lowest BCUT2D eigenvalue weighted by Crippen LogP contribution is -2.20. The summed E-state index contributed by atoms with van der Waals surface area (Å²) in [7, 11) is 0. The summed E-state index contributed by atoms with van der Waals surface area (Å²) in [5, 5.41) is 16.8. The maximum Gasteiger partial charge on any atom is 0.0832 e. The van der Waals surface area contributed by atoms with E-state index in [4.69, 9.17) is 14.9 Å². The Bertz CT molecular complexity index is 85.8. The van der Waals surface area contributed by atoms with Crippen LogP contribution in [0, 0.1) is 0 Å². The van der Waals surface area contributed by atoms with Crippen LogP contribution in [0.3, 0.4) is 0 Å². The molecule has 2 N–H and O–H groups in total. The lowest BCUT2D eigenvalue weighted by atomic mass is 10.2. The molecule has 0 aliphatic carbocycles. The highest BCUT2D eigenvalue weighted by Crippen LogP contribution is 2.14. The van der Waals surface area contributed by atoms with E-state index in [0.717, 1.165) is 25.9 Å². The first-order valence-corrected chi connectivity index (χ1v) is 4.62. The molecular formula is C9H20O3. The minimum absolute atomic E-state index is 0.120. The van der Waals surface area contributed by atoms with E-state index in [1.807, 2.05) is 6.92 Å². The van der Waals surface area contributed by atoms with Crippen LogP contribution in [0.15, 0.2) is 0 Å². The van der Waals surface area contributed by atoms with Crippen molar-refractivity contribution in [1.29, 1.82) is 0 Å². The highest BCUT2D eigenvalue weighted by Gasteiger charge is 2.19. The predicted octanol–water partition coefficient (Wildman–Crippen LogP) is 0.935. The molecule has 1 aliphatic rings. The van der Waals surface area contributed by atoms with Gasteiger partial charge in [0.05, 0.1) is 12.2 Å². The van der Waals surface area contributed by atoms with Gasteiger partial charge in [-0.25, -0.2) is 0 Å². The molecule has 0 saturated carbocycles. The lowest BCUT2D eigenvalue weighted by Gasteiger charge is -2.10. The van der Waals surface area contributed by atoms with E-state index >= 15 is 0 Å². The molecule has 12 heavy (non-hydrogen) atoms. The summed E-state index contributed by atoms with van der Waals surface area (Å²) < 4.78 is 5.16. The van der Waals surface area contributed by atoms with Gasteiger partial charge in [0.2, 0.25) is 0 Å². The Labute approximate surface area is 74.4 Å². The summed E-state index contributed by atoms with van der Waals surface area (Å²) in [6, 6.07) is 0. The average molecular weight is 176 g/mol. The van der Waals surface area contributed by atoms with E-state index in [9.17, 15) is 0 Å². The minimum atomic E-state index is -0.280. The van der Waals surface area contributed by atoms with Crippen molar-refractivity contribution < 1.29 is 14.9 Å². The molecule has 1 heterocycles. The van der Waals surface area contributed by atoms with Gasteiger partial charge in [-0.2, -0.15) is 0 Å². The monoisotopic (exact) mass is 176 g/mol. The van der Waals surface area contributed by atoms with Gasteiger partial charge in [-0.1, -0.05) is 6.92 Å². The Morgan fingerprint density at radius 2 is 2.17 bits per heavy atom. The van der Waals surface area contributed by atoms with E-state index in [2.05, 4.69) is 0 Å².